The van der Waals surface area contributed by atoms with E-state index in [0.29, 0.717) is 27.3 Å². The summed E-state index contributed by atoms with van der Waals surface area (Å²) < 4.78 is 10.5. The third-order valence-electron chi connectivity index (χ3n) is 3.76. The summed E-state index contributed by atoms with van der Waals surface area (Å²) in [7, 11) is 4.82. The lowest BCUT2D eigenvalue weighted by Gasteiger charge is -2.08. The minimum atomic E-state index is -0.135. The third-order valence-corrected chi connectivity index (χ3v) is 4.82. The van der Waals surface area contributed by atoms with Crippen molar-refractivity contribution < 1.29 is 19.4 Å². The van der Waals surface area contributed by atoms with Crippen LogP contribution in [0.25, 0.3) is 6.08 Å². The lowest BCUT2D eigenvalue weighted by Crippen LogP contribution is -2.23. The van der Waals surface area contributed by atoms with Gasteiger partial charge < -0.3 is 14.6 Å². The van der Waals surface area contributed by atoms with Gasteiger partial charge in [0.05, 0.1) is 24.8 Å². The summed E-state index contributed by atoms with van der Waals surface area (Å²) >= 11 is 1.28. The smallest absolute Gasteiger partial charge is 0.266 e. The monoisotopic (exact) mass is 370 g/mol. The van der Waals surface area contributed by atoms with E-state index in [-0.39, 0.29) is 11.7 Å². The number of nitrogens with zero attached hydrogens (tertiary/aromatic N) is 2. The van der Waals surface area contributed by atoms with Crippen LogP contribution in [0.1, 0.15) is 5.56 Å². The van der Waals surface area contributed by atoms with E-state index >= 15 is 0 Å². The van der Waals surface area contributed by atoms with Crippen LogP contribution in [0, 0.1) is 0 Å². The van der Waals surface area contributed by atoms with Crippen LogP contribution < -0.4 is 9.47 Å². The van der Waals surface area contributed by atoms with Gasteiger partial charge in [0.15, 0.2) is 16.7 Å². The summed E-state index contributed by atoms with van der Waals surface area (Å²) in [6.07, 6.45) is 1.79. The molecule has 7 heteroatoms. The molecular weight excluding hydrogens is 352 g/mol. The van der Waals surface area contributed by atoms with Crippen LogP contribution in [0.4, 0.5) is 5.69 Å². The van der Waals surface area contributed by atoms with E-state index < -0.39 is 0 Å². The van der Waals surface area contributed by atoms with Crippen molar-refractivity contribution in [1.29, 1.82) is 0 Å². The summed E-state index contributed by atoms with van der Waals surface area (Å²) in [6, 6.07) is 12.0. The molecule has 2 aromatic carbocycles. The molecule has 1 heterocycles. The van der Waals surface area contributed by atoms with Crippen molar-refractivity contribution in [2.45, 2.75) is 0 Å². The van der Waals surface area contributed by atoms with Gasteiger partial charge in [-0.3, -0.25) is 9.69 Å². The molecule has 2 aromatic rings. The number of aromatic hydroxyl groups is 1. The van der Waals surface area contributed by atoms with Crippen molar-refractivity contribution in [3.63, 3.8) is 0 Å². The Kier molecular flexibility index (Phi) is 5.18. The number of aliphatic imine (C=N–C) groups is 1. The van der Waals surface area contributed by atoms with Crippen LogP contribution in [0.3, 0.4) is 0 Å². The first-order valence-corrected chi connectivity index (χ1v) is 8.61. The molecule has 1 fully saturated rings. The molecule has 134 valence electrons. The van der Waals surface area contributed by atoms with Gasteiger partial charge in [-0.15, -0.1) is 0 Å². The van der Waals surface area contributed by atoms with E-state index in [2.05, 4.69) is 4.99 Å². The number of carbonyl (C=O) groups is 1. The topological polar surface area (TPSA) is 71.4 Å². The average molecular weight is 370 g/mol. The van der Waals surface area contributed by atoms with E-state index in [1.165, 1.54) is 16.7 Å². The average Bonchev–Trinajstić information content (AvgIpc) is 2.89. The number of amides is 1. The molecule has 0 aromatic heterocycles. The number of phenols is 1. The molecule has 0 aliphatic carbocycles. The number of amidine groups is 1. The molecule has 1 aliphatic rings. The lowest BCUT2D eigenvalue weighted by atomic mass is 10.2. The predicted molar refractivity (Wildman–Crippen MR) is 103 cm³/mol. The molecule has 1 aliphatic heterocycles. The minimum Gasteiger partial charge on any atom is -0.508 e. The van der Waals surface area contributed by atoms with Crippen molar-refractivity contribution in [2.75, 3.05) is 21.3 Å². The summed E-state index contributed by atoms with van der Waals surface area (Å²) in [5.41, 5.74) is 1.41. The van der Waals surface area contributed by atoms with Crippen molar-refractivity contribution in [3.05, 3.63) is 52.9 Å². The number of methoxy groups -OCH3 is 2. The molecule has 3 rings (SSSR count). The normalized spacial score (nSPS) is 17.2. The Morgan fingerprint density at radius 3 is 2.58 bits per heavy atom. The van der Waals surface area contributed by atoms with Gasteiger partial charge in [0.2, 0.25) is 0 Å². The highest BCUT2D eigenvalue weighted by Crippen LogP contribution is 2.35. The summed E-state index contributed by atoms with van der Waals surface area (Å²) in [4.78, 5) is 19.0. The molecule has 0 saturated carbocycles. The first kappa shape index (κ1) is 17.9. The Bertz CT molecular complexity index is 908. The maximum atomic E-state index is 12.5. The van der Waals surface area contributed by atoms with Gasteiger partial charge in [-0.2, -0.15) is 0 Å². The van der Waals surface area contributed by atoms with Crippen LogP contribution in [0.5, 0.6) is 17.2 Å². The van der Waals surface area contributed by atoms with E-state index in [9.17, 15) is 9.90 Å². The molecule has 0 bridgehead atoms. The van der Waals surface area contributed by atoms with Gasteiger partial charge in [0, 0.05) is 13.1 Å². The fourth-order valence-electron chi connectivity index (χ4n) is 2.42. The second-order valence-electron chi connectivity index (χ2n) is 5.50. The van der Waals surface area contributed by atoms with Crippen LogP contribution in [0.15, 0.2) is 52.4 Å². The zero-order valence-electron chi connectivity index (χ0n) is 14.6. The Morgan fingerprint density at radius 2 is 1.88 bits per heavy atom. The number of likely N-dealkylation sites (N-methyl/N-ethyl adjacent to an activating group) is 1. The highest BCUT2D eigenvalue weighted by Gasteiger charge is 2.30. The lowest BCUT2D eigenvalue weighted by molar-refractivity contribution is -0.121. The van der Waals surface area contributed by atoms with Gasteiger partial charge in [0.1, 0.15) is 5.75 Å². The molecule has 0 atom stereocenters. The van der Waals surface area contributed by atoms with Gasteiger partial charge >= 0.3 is 0 Å². The summed E-state index contributed by atoms with van der Waals surface area (Å²) in [6.45, 7) is 0. The van der Waals surface area contributed by atoms with Gasteiger partial charge in [0.25, 0.3) is 5.91 Å². The van der Waals surface area contributed by atoms with Crippen molar-refractivity contribution >= 4 is 34.6 Å². The molecule has 1 amide bonds. The molecule has 6 nitrogen and oxygen atoms in total. The predicted octanol–water partition coefficient (Wildman–Crippen LogP) is 3.64. The maximum Gasteiger partial charge on any atom is 0.266 e. The van der Waals surface area contributed by atoms with Gasteiger partial charge in [-0.05, 0) is 47.7 Å². The molecule has 0 spiro atoms. The maximum absolute atomic E-state index is 12.5. The summed E-state index contributed by atoms with van der Waals surface area (Å²) in [5, 5.41) is 10.1. The zero-order chi connectivity index (χ0) is 18.7. The highest BCUT2D eigenvalue weighted by molar-refractivity contribution is 8.18. The standard InChI is InChI=1S/C19H18N2O4S/c1-21-18(23)17(10-12-7-8-15(24-2)16(9-12)25-3)26-19(21)20-13-5-4-6-14(22)11-13/h4-11,22H,1-3H3/b17-10-,20-19?. The number of hydrogen-bond donors (Lipinski definition) is 1. The van der Waals surface area contributed by atoms with E-state index in [4.69, 9.17) is 9.47 Å². The van der Waals surface area contributed by atoms with Crippen LogP contribution >= 0.6 is 11.8 Å². The Hall–Kier alpha value is -2.93. The second kappa shape index (κ2) is 7.53. The Morgan fingerprint density at radius 1 is 1.12 bits per heavy atom. The van der Waals surface area contributed by atoms with Gasteiger partial charge in [-0.1, -0.05) is 12.1 Å². The SMILES string of the molecule is COc1ccc(/C=C2\SC(=Nc3cccc(O)c3)N(C)C2=O)cc1OC. The number of phenolic OH excluding ortho intramolecular Hbond substituents is 1. The van der Waals surface area contributed by atoms with Crippen LogP contribution in [-0.4, -0.2) is 42.3 Å². The van der Waals surface area contributed by atoms with E-state index in [0.717, 1.165) is 5.56 Å². The van der Waals surface area contributed by atoms with Crippen molar-refractivity contribution in [1.82, 2.24) is 4.90 Å². The summed E-state index contributed by atoms with van der Waals surface area (Å²) in [5.74, 6) is 1.22. The number of benzene rings is 2. The minimum absolute atomic E-state index is 0.130. The van der Waals surface area contributed by atoms with Crippen LogP contribution in [0.2, 0.25) is 0 Å². The fourth-order valence-corrected chi connectivity index (χ4v) is 3.41. The molecule has 0 radical (unpaired) electrons. The Balaban J connectivity index is 1.90. The molecule has 1 saturated heterocycles. The first-order chi connectivity index (χ1) is 12.5. The molecule has 0 unspecified atom stereocenters. The number of hydrogen-bond acceptors (Lipinski definition) is 6. The van der Waals surface area contributed by atoms with E-state index in [1.54, 1.807) is 57.7 Å². The number of thioether (sulfide) groups is 1. The number of carbonyl (C=O) groups excluding carboxylic acids is 1. The Labute approximate surface area is 155 Å². The molecular formula is C19H18N2O4S. The molecule has 26 heavy (non-hydrogen) atoms. The van der Waals surface area contributed by atoms with Crippen molar-refractivity contribution in [3.8, 4) is 17.2 Å². The largest absolute Gasteiger partial charge is 0.508 e. The van der Waals surface area contributed by atoms with Gasteiger partial charge in [-0.25, -0.2) is 4.99 Å². The highest BCUT2D eigenvalue weighted by atomic mass is 32.2. The quantitative estimate of drug-likeness (QED) is 0.832. The van der Waals surface area contributed by atoms with Crippen LogP contribution in [-0.2, 0) is 4.79 Å². The second-order valence-corrected chi connectivity index (χ2v) is 6.51. The van der Waals surface area contributed by atoms with Crippen molar-refractivity contribution in [2.24, 2.45) is 4.99 Å². The zero-order valence-corrected chi connectivity index (χ0v) is 15.4. The van der Waals surface area contributed by atoms with E-state index in [1.807, 2.05) is 12.1 Å². The third kappa shape index (κ3) is 3.67. The number of ether oxygens (including phenoxy) is 2. The number of rotatable bonds is 4. The first-order valence-electron chi connectivity index (χ1n) is 7.79. The fraction of sp³-hybridized carbons (Fsp3) is 0.158. The molecule has 1 N–H and O–H groups in total.